The molecule has 2 rings (SSSR count). The highest BCUT2D eigenvalue weighted by molar-refractivity contribution is 5.91. The predicted molar refractivity (Wildman–Crippen MR) is 78.0 cm³/mol. The van der Waals surface area contributed by atoms with Gasteiger partial charge in [0.1, 0.15) is 11.6 Å². The first-order chi connectivity index (χ1) is 10.9. The molecule has 1 aromatic rings. The number of halogens is 3. The van der Waals surface area contributed by atoms with E-state index in [1.807, 2.05) is 0 Å². The summed E-state index contributed by atoms with van der Waals surface area (Å²) < 4.78 is 42.3. The number of urea groups is 1. The number of alkyl halides is 2. The van der Waals surface area contributed by atoms with Gasteiger partial charge in [-0.2, -0.15) is 8.78 Å². The van der Waals surface area contributed by atoms with E-state index in [2.05, 4.69) is 10.1 Å². The van der Waals surface area contributed by atoms with E-state index in [0.717, 1.165) is 31.0 Å². The Hall–Kier alpha value is -1.96. The lowest BCUT2D eigenvalue weighted by atomic mass is 9.94. The summed E-state index contributed by atoms with van der Waals surface area (Å²) in [7, 11) is 0. The Balaban J connectivity index is 2.08. The number of aliphatic hydroxyl groups is 1. The zero-order valence-electron chi connectivity index (χ0n) is 12.6. The van der Waals surface area contributed by atoms with Crippen LogP contribution in [0.4, 0.5) is 23.7 Å². The first kappa shape index (κ1) is 17.4. The van der Waals surface area contributed by atoms with Gasteiger partial charge in [-0.25, -0.2) is 9.18 Å². The Labute approximate surface area is 132 Å². The van der Waals surface area contributed by atoms with Crippen LogP contribution < -0.4 is 10.1 Å². The Bertz CT molecular complexity index is 555. The number of piperidine rings is 1. The van der Waals surface area contributed by atoms with Crippen LogP contribution in [0.5, 0.6) is 5.75 Å². The SMILES string of the molecule is CC(O)C1CCCN(C(=O)Nc2cc(F)ccc2OC(F)F)C1. The molecule has 2 N–H and O–H groups in total. The van der Waals surface area contributed by atoms with Crippen LogP contribution in [0.15, 0.2) is 18.2 Å². The van der Waals surface area contributed by atoms with Crippen LogP contribution in [-0.2, 0) is 0 Å². The van der Waals surface area contributed by atoms with Gasteiger partial charge >= 0.3 is 12.6 Å². The third-order valence-corrected chi connectivity index (χ3v) is 3.83. The van der Waals surface area contributed by atoms with E-state index in [0.29, 0.717) is 13.1 Å². The average molecular weight is 332 g/mol. The number of amides is 2. The smallest absolute Gasteiger partial charge is 0.387 e. The van der Waals surface area contributed by atoms with Crippen LogP contribution in [0.25, 0.3) is 0 Å². The minimum absolute atomic E-state index is 0.0428. The van der Waals surface area contributed by atoms with Crippen molar-refractivity contribution in [2.24, 2.45) is 5.92 Å². The van der Waals surface area contributed by atoms with Crippen molar-refractivity contribution in [3.63, 3.8) is 0 Å². The molecule has 2 amide bonds. The Kier molecular flexibility index (Phi) is 5.70. The molecule has 0 spiro atoms. The summed E-state index contributed by atoms with van der Waals surface area (Å²) in [6, 6.07) is 2.38. The van der Waals surface area contributed by atoms with Crippen LogP contribution in [0, 0.1) is 11.7 Å². The fourth-order valence-corrected chi connectivity index (χ4v) is 2.58. The minimum atomic E-state index is -3.08. The molecule has 0 aliphatic carbocycles. The summed E-state index contributed by atoms with van der Waals surface area (Å²) in [5.41, 5.74) is -0.158. The van der Waals surface area contributed by atoms with E-state index in [9.17, 15) is 23.1 Å². The van der Waals surface area contributed by atoms with Crippen molar-refractivity contribution in [1.82, 2.24) is 4.90 Å². The summed E-state index contributed by atoms with van der Waals surface area (Å²) in [5, 5.41) is 12.0. The second kappa shape index (κ2) is 7.54. The number of likely N-dealkylation sites (tertiary alicyclic amines) is 1. The highest BCUT2D eigenvalue weighted by Gasteiger charge is 2.27. The quantitative estimate of drug-likeness (QED) is 0.891. The first-order valence-corrected chi connectivity index (χ1v) is 7.35. The van der Waals surface area contributed by atoms with Crippen LogP contribution in [-0.4, -0.2) is 41.8 Å². The molecule has 23 heavy (non-hydrogen) atoms. The molecule has 0 bridgehead atoms. The van der Waals surface area contributed by atoms with Crippen LogP contribution in [0.3, 0.4) is 0 Å². The summed E-state index contributed by atoms with van der Waals surface area (Å²) in [5.74, 6) is -1.03. The summed E-state index contributed by atoms with van der Waals surface area (Å²) in [6.45, 7) is -0.585. The van der Waals surface area contributed by atoms with Crippen LogP contribution in [0.2, 0.25) is 0 Å². The Morgan fingerprint density at radius 1 is 1.48 bits per heavy atom. The number of ether oxygens (including phenoxy) is 1. The highest BCUT2D eigenvalue weighted by atomic mass is 19.3. The van der Waals surface area contributed by atoms with E-state index in [-0.39, 0.29) is 17.4 Å². The number of anilines is 1. The normalized spacial score (nSPS) is 19.6. The maximum atomic E-state index is 13.3. The zero-order chi connectivity index (χ0) is 17.0. The number of hydrogen-bond acceptors (Lipinski definition) is 3. The number of nitrogens with zero attached hydrogens (tertiary/aromatic N) is 1. The van der Waals surface area contributed by atoms with Gasteiger partial charge in [0, 0.05) is 25.1 Å². The minimum Gasteiger partial charge on any atom is -0.433 e. The molecule has 1 heterocycles. The van der Waals surface area contributed by atoms with Crippen molar-refractivity contribution in [2.75, 3.05) is 18.4 Å². The molecular weight excluding hydrogens is 313 g/mol. The van der Waals surface area contributed by atoms with Crippen LogP contribution in [0.1, 0.15) is 19.8 Å². The Morgan fingerprint density at radius 3 is 2.87 bits per heavy atom. The molecule has 0 saturated carbocycles. The van der Waals surface area contributed by atoms with Crippen molar-refractivity contribution >= 4 is 11.7 Å². The van der Waals surface area contributed by atoms with E-state index in [1.165, 1.54) is 4.90 Å². The number of rotatable bonds is 4. The van der Waals surface area contributed by atoms with Gasteiger partial charge in [0.2, 0.25) is 0 Å². The number of carbonyl (C=O) groups is 1. The molecule has 1 aliphatic rings. The van der Waals surface area contributed by atoms with Gasteiger partial charge in [-0.1, -0.05) is 0 Å². The molecule has 8 heteroatoms. The number of nitrogens with one attached hydrogen (secondary N) is 1. The van der Waals surface area contributed by atoms with Crippen LogP contribution >= 0.6 is 0 Å². The fourth-order valence-electron chi connectivity index (χ4n) is 2.58. The second-order valence-electron chi connectivity index (χ2n) is 5.54. The third-order valence-electron chi connectivity index (χ3n) is 3.83. The molecule has 0 aromatic heterocycles. The van der Waals surface area contributed by atoms with E-state index in [4.69, 9.17) is 0 Å². The molecule has 2 unspecified atom stereocenters. The van der Waals surface area contributed by atoms with Gasteiger partial charge in [-0.15, -0.1) is 0 Å². The van der Waals surface area contributed by atoms with Crippen molar-refractivity contribution < 1.29 is 27.8 Å². The van der Waals surface area contributed by atoms with E-state index >= 15 is 0 Å². The summed E-state index contributed by atoms with van der Waals surface area (Å²) in [4.78, 5) is 13.7. The van der Waals surface area contributed by atoms with Gasteiger partial charge in [0.05, 0.1) is 11.8 Å². The topological polar surface area (TPSA) is 61.8 Å². The number of aliphatic hydroxyl groups excluding tert-OH is 1. The van der Waals surface area contributed by atoms with Gasteiger partial charge in [-0.3, -0.25) is 0 Å². The molecule has 2 atom stereocenters. The monoisotopic (exact) mass is 332 g/mol. The predicted octanol–water partition coefficient (Wildman–Crippen LogP) is 3.05. The molecule has 128 valence electrons. The molecular formula is C15H19F3N2O3. The third kappa shape index (κ3) is 4.75. The molecule has 1 saturated heterocycles. The van der Waals surface area contributed by atoms with Crippen molar-refractivity contribution in [3.8, 4) is 5.75 Å². The van der Waals surface area contributed by atoms with Crippen molar-refractivity contribution in [3.05, 3.63) is 24.0 Å². The Morgan fingerprint density at radius 2 is 2.22 bits per heavy atom. The molecule has 5 nitrogen and oxygen atoms in total. The largest absolute Gasteiger partial charge is 0.433 e. The highest BCUT2D eigenvalue weighted by Crippen LogP contribution is 2.28. The van der Waals surface area contributed by atoms with Gasteiger partial charge in [0.15, 0.2) is 0 Å². The number of benzene rings is 1. The maximum absolute atomic E-state index is 13.3. The van der Waals surface area contributed by atoms with Crippen molar-refractivity contribution in [1.29, 1.82) is 0 Å². The lowest BCUT2D eigenvalue weighted by Gasteiger charge is -2.34. The van der Waals surface area contributed by atoms with Crippen molar-refractivity contribution in [2.45, 2.75) is 32.5 Å². The molecule has 1 aliphatic heterocycles. The van der Waals surface area contributed by atoms with Gasteiger partial charge in [0.25, 0.3) is 0 Å². The first-order valence-electron chi connectivity index (χ1n) is 7.35. The standard InChI is InChI=1S/C15H19F3N2O3/c1-9(21)10-3-2-6-20(8-10)15(22)19-12-7-11(16)4-5-13(12)23-14(17)18/h4-5,7,9-10,14,21H,2-3,6,8H2,1H3,(H,19,22). The zero-order valence-corrected chi connectivity index (χ0v) is 12.6. The molecule has 0 radical (unpaired) electrons. The number of hydrogen-bond donors (Lipinski definition) is 2. The van der Waals surface area contributed by atoms with Gasteiger partial charge in [-0.05, 0) is 31.9 Å². The van der Waals surface area contributed by atoms with Gasteiger partial charge < -0.3 is 20.1 Å². The van der Waals surface area contributed by atoms with E-state index < -0.39 is 24.6 Å². The fraction of sp³-hybridized carbons (Fsp3) is 0.533. The van der Waals surface area contributed by atoms with E-state index in [1.54, 1.807) is 6.92 Å². The lowest BCUT2D eigenvalue weighted by molar-refractivity contribution is -0.0494. The summed E-state index contributed by atoms with van der Waals surface area (Å²) in [6.07, 6.45) is 0.991. The molecule has 1 aromatic carbocycles. The second-order valence-corrected chi connectivity index (χ2v) is 5.54. The summed E-state index contributed by atoms with van der Waals surface area (Å²) >= 11 is 0. The molecule has 1 fully saturated rings. The number of carbonyl (C=O) groups excluding carboxylic acids is 1. The maximum Gasteiger partial charge on any atom is 0.387 e. The average Bonchev–Trinajstić information content (AvgIpc) is 2.49. The lowest BCUT2D eigenvalue weighted by Crippen LogP contribution is -2.44.